The summed E-state index contributed by atoms with van der Waals surface area (Å²) < 4.78 is 6.54. The summed E-state index contributed by atoms with van der Waals surface area (Å²) in [6.07, 6.45) is 4.89. The number of rotatable bonds is 6. The number of carbonyl (C=O) groups is 2. The van der Waals surface area contributed by atoms with Gasteiger partial charge in [0.2, 0.25) is 17.7 Å². The summed E-state index contributed by atoms with van der Waals surface area (Å²) in [4.78, 5) is 41.2. The number of hydrogen-bond acceptors (Lipinski definition) is 7. The van der Waals surface area contributed by atoms with Crippen LogP contribution in [-0.4, -0.2) is 62.6 Å². The number of fused-ring (bicyclic) bond motifs is 1. The zero-order valence-corrected chi connectivity index (χ0v) is 23.1. The fourth-order valence-electron chi connectivity index (χ4n) is 5.65. The van der Waals surface area contributed by atoms with Crippen molar-refractivity contribution >= 4 is 34.4 Å². The van der Waals surface area contributed by atoms with E-state index in [0.717, 1.165) is 41.3 Å². The fourth-order valence-corrected chi connectivity index (χ4v) is 5.65. The highest BCUT2D eigenvalue weighted by Gasteiger charge is 2.30. The van der Waals surface area contributed by atoms with Crippen LogP contribution in [0.2, 0.25) is 0 Å². The Balaban J connectivity index is 1.31. The summed E-state index contributed by atoms with van der Waals surface area (Å²) in [6, 6.07) is 15.5. The molecule has 210 valence electrons. The summed E-state index contributed by atoms with van der Waals surface area (Å²) in [6.45, 7) is 5.59. The van der Waals surface area contributed by atoms with Crippen molar-refractivity contribution in [1.82, 2.24) is 19.9 Å². The summed E-state index contributed by atoms with van der Waals surface area (Å²) in [5, 5.41) is 14.5. The maximum atomic E-state index is 12.8. The first kappa shape index (κ1) is 26.5. The van der Waals surface area contributed by atoms with Crippen LogP contribution in [-0.2, 0) is 4.79 Å². The molecule has 2 aromatic carbocycles. The summed E-state index contributed by atoms with van der Waals surface area (Å²) >= 11 is 0. The predicted molar refractivity (Wildman–Crippen MR) is 156 cm³/mol. The van der Waals surface area contributed by atoms with E-state index in [4.69, 9.17) is 9.72 Å². The molecular formula is C31H32N6O4. The number of aryl methyl sites for hydroxylation is 1. The van der Waals surface area contributed by atoms with Crippen LogP contribution < -0.4 is 15.0 Å². The molecule has 0 bridgehead atoms. The van der Waals surface area contributed by atoms with Gasteiger partial charge in [0.05, 0.1) is 16.9 Å². The molecule has 41 heavy (non-hydrogen) atoms. The minimum Gasteiger partial charge on any atom is -0.465 e. The number of nitrogens with one attached hydrogen (secondary N) is 1. The minimum absolute atomic E-state index is 0.0176. The van der Waals surface area contributed by atoms with Gasteiger partial charge >= 0.3 is 6.09 Å². The normalized spacial score (nSPS) is 19.0. The van der Waals surface area contributed by atoms with Gasteiger partial charge in [-0.1, -0.05) is 31.2 Å². The van der Waals surface area contributed by atoms with Crippen molar-refractivity contribution in [3.63, 3.8) is 0 Å². The quantitative estimate of drug-likeness (QED) is 0.312. The second-order valence-corrected chi connectivity index (χ2v) is 10.7. The van der Waals surface area contributed by atoms with Crippen LogP contribution in [0, 0.1) is 12.8 Å². The molecule has 2 atom stereocenters. The van der Waals surface area contributed by atoms with E-state index in [1.54, 1.807) is 18.5 Å². The topological polar surface area (TPSA) is 121 Å². The molecule has 0 saturated carbocycles. The largest absolute Gasteiger partial charge is 0.465 e. The number of benzene rings is 2. The van der Waals surface area contributed by atoms with Crippen LogP contribution in [0.5, 0.6) is 11.6 Å². The lowest BCUT2D eigenvalue weighted by atomic mass is 10.0. The van der Waals surface area contributed by atoms with Crippen molar-refractivity contribution in [1.29, 1.82) is 0 Å². The highest BCUT2D eigenvalue weighted by atomic mass is 16.5. The van der Waals surface area contributed by atoms with Gasteiger partial charge in [-0.05, 0) is 56.0 Å². The van der Waals surface area contributed by atoms with E-state index in [9.17, 15) is 14.7 Å². The van der Waals surface area contributed by atoms with Crippen LogP contribution in [0.3, 0.4) is 0 Å². The summed E-state index contributed by atoms with van der Waals surface area (Å²) in [5.74, 6) is 1.66. The molecule has 2 aliphatic heterocycles. The van der Waals surface area contributed by atoms with Crippen LogP contribution in [0.4, 0.5) is 16.4 Å². The number of amides is 2. The monoisotopic (exact) mass is 552 g/mol. The summed E-state index contributed by atoms with van der Waals surface area (Å²) in [5.41, 5.74) is 3.16. The maximum absolute atomic E-state index is 12.8. The molecule has 6 rings (SSSR count). The van der Waals surface area contributed by atoms with Gasteiger partial charge in [0.15, 0.2) is 0 Å². The zero-order chi connectivity index (χ0) is 28.5. The Hall–Kier alpha value is -4.73. The van der Waals surface area contributed by atoms with Crippen LogP contribution in [0.25, 0.3) is 22.0 Å². The highest BCUT2D eigenvalue weighted by molar-refractivity contribution is 6.07. The first-order chi connectivity index (χ1) is 19.9. The van der Waals surface area contributed by atoms with E-state index in [1.807, 2.05) is 61.2 Å². The van der Waals surface area contributed by atoms with Crippen LogP contribution in [0.1, 0.15) is 31.7 Å². The number of pyridine rings is 1. The number of aromatic nitrogens is 3. The molecular weight excluding hydrogens is 520 g/mol. The van der Waals surface area contributed by atoms with Gasteiger partial charge in [-0.15, -0.1) is 0 Å². The second kappa shape index (κ2) is 11.0. The molecule has 2 saturated heterocycles. The van der Waals surface area contributed by atoms with E-state index in [2.05, 4.69) is 15.3 Å². The average Bonchev–Trinajstić information content (AvgIpc) is 3.32. The molecule has 10 nitrogen and oxygen atoms in total. The second-order valence-electron chi connectivity index (χ2n) is 10.7. The molecule has 2 aromatic heterocycles. The van der Waals surface area contributed by atoms with Crippen LogP contribution in [0.15, 0.2) is 60.9 Å². The predicted octanol–water partition coefficient (Wildman–Crippen LogP) is 5.72. The SMILES string of the molecule is Cc1ccc2c(N3CC[C@H](C)C3=O)cccc2c1Oc1ncccc1-c1ccnc(N[C@H]2CCCN(C(=O)O)C2)n1. The molecule has 0 spiro atoms. The number of hydrogen-bond donors (Lipinski definition) is 2. The van der Waals surface area contributed by atoms with E-state index in [0.29, 0.717) is 48.5 Å². The number of anilines is 2. The fraction of sp³-hybridized carbons (Fsp3) is 0.323. The molecule has 2 amide bonds. The van der Waals surface area contributed by atoms with E-state index < -0.39 is 6.09 Å². The Morgan fingerprint density at radius 3 is 2.71 bits per heavy atom. The summed E-state index contributed by atoms with van der Waals surface area (Å²) in [7, 11) is 0. The van der Waals surface area contributed by atoms with Crippen molar-refractivity contribution in [2.45, 2.75) is 39.2 Å². The Bertz CT molecular complexity index is 1630. The van der Waals surface area contributed by atoms with Gasteiger partial charge in [-0.2, -0.15) is 0 Å². The van der Waals surface area contributed by atoms with Crippen molar-refractivity contribution in [2.75, 3.05) is 29.9 Å². The molecule has 0 radical (unpaired) electrons. The highest BCUT2D eigenvalue weighted by Crippen LogP contribution is 2.40. The molecule has 0 unspecified atom stereocenters. The number of carboxylic acid groups (broad SMARTS) is 1. The molecule has 4 heterocycles. The Labute approximate surface area is 238 Å². The zero-order valence-electron chi connectivity index (χ0n) is 23.1. The van der Waals surface area contributed by atoms with E-state index in [1.165, 1.54) is 4.90 Å². The smallest absolute Gasteiger partial charge is 0.407 e. The average molecular weight is 553 g/mol. The van der Waals surface area contributed by atoms with Crippen LogP contribution >= 0.6 is 0 Å². The van der Waals surface area contributed by atoms with Gasteiger partial charge in [-0.25, -0.2) is 19.7 Å². The Morgan fingerprint density at radius 2 is 1.90 bits per heavy atom. The Morgan fingerprint density at radius 1 is 1.02 bits per heavy atom. The molecule has 2 N–H and O–H groups in total. The van der Waals surface area contributed by atoms with Crippen molar-refractivity contribution in [3.8, 4) is 22.9 Å². The number of carbonyl (C=O) groups excluding carboxylic acids is 1. The molecule has 0 aliphatic carbocycles. The van der Waals surface area contributed by atoms with Crippen molar-refractivity contribution in [3.05, 3.63) is 66.5 Å². The number of likely N-dealkylation sites (tertiary alicyclic amines) is 1. The third kappa shape index (κ3) is 5.25. The number of ether oxygens (including phenoxy) is 1. The first-order valence-corrected chi connectivity index (χ1v) is 13.9. The van der Waals surface area contributed by atoms with Gasteiger partial charge in [-0.3, -0.25) is 4.79 Å². The van der Waals surface area contributed by atoms with Crippen molar-refractivity contribution < 1.29 is 19.4 Å². The lowest BCUT2D eigenvalue weighted by Gasteiger charge is -2.31. The molecule has 4 aromatic rings. The van der Waals surface area contributed by atoms with Crippen molar-refractivity contribution in [2.24, 2.45) is 5.92 Å². The lowest BCUT2D eigenvalue weighted by Crippen LogP contribution is -2.44. The Kier molecular flexibility index (Phi) is 7.13. The van der Waals surface area contributed by atoms with Gasteiger partial charge in [0, 0.05) is 54.8 Å². The van der Waals surface area contributed by atoms with Gasteiger partial charge < -0.3 is 25.0 Å². The third-order valence-electron chi connectivity index (χ3n) is 7.88. The lowest BCUT2D eigenvalue weighted by molar-refractivity contribution is -0.119. The van der Waals surface area contributed by atoms with E-state index >= 15 is 0 Å². The van der Waals surface area contributed by atoms with E-state index in [-0.39, 0.29) is 17.9 Å². The molecule has 10 heteroatoms. The minimum atomic E-state index is -0.916. The number of nitrogens with zero attached hydrogens (tertiary/aromatic N) is 5. The van der Waals surface area contributed by atoms with Gasteiger partial charge in [0.25, 0.3) is 0 Å². The third-order valence-corrected chi connectivity index (χ3v) is 7.88. The molecule has 2 aliphatic rings. The first-order valence-electron chi connectivity index (χ1n) is 13.9. The standard InChI is InChI=1S/C31H32N6O4/c1-19-10-11-22-23(7-3-9-26(22)37-17-13-20(2)29(37)38)27(19)41-28-24(8-4-14-32-28)25-12-15-33-30(35-25)34-21-6-5-16-36(18-21)31(39)40/h3-4,7-12,14-15,20-21H,5-6,13,16-18H2,1-2H3,(H,39,40)(H,33,34,35)/t20-,21-/m0/s1. The maximum Gasteiger partial charge on any atom is 0.407 e. The van der Waals surface area contributed by atoms with Gasteiger partial charge in [0.1, 0.15) is 5.75 Å². The molecule has 2 fully saturated rings. The number of piperidine rings is 1.